The Hall–Kier alpha value is -0.580. The van der Waals surface area contributed by atoms with Gasteiger partial charge in [0.25, 0.3) is 0 Å². The van der Waals surface area contributed by atoms with Crippen molar-refractivity contribution in [2.75, 3.05) is 13.2 Å². The molecule has 0 saturated carbocycles. The van der Waals surface area contributed by atoms with Gasteiger partial charge in [0, 0.05) is 19.4 Å². The van der Waals surface area contributed by atoms with Gasteiger partial charge < -0.3 is 4.74 Å². The molecule has 0 unspecified atom stereocenters. The molecule has 0 amide bonds. The molecule has 15 heavy (non-hydrogen) atoms. The highest BCUT2D eigenvalue weighted by Crippen LogP contribution is 2.14. The standard InChI is InChI=1S/C10H17F3O2/c1-2-5-9(14)6-3-4-7-15-8-10(11,12)13/h2-8H2,1H3. The van der Waals surface area contributed by atoms with Crippen LogP contribution in [0, 0.1) is 0 Å². The minimum atomic E-state index is -4.25. The first-order chi connectivity index (χ1) is 6.95. The second kappa shape index (κ2) is 7.68. The van der Waals surface area contributed by atoms with Crippen molar-refractivity contribution in [3.63, 3.8) is 0 Å². The average molecular weight is 226 g/mol. The van der Waals surface area contributed by atoms with Gasteiger partial charge in [-0.25, -0.2) is 0 Å². The van der Waals surface area contributed by atoms with Crippen LogP contribution in [0.2, 0.25) is 0 Å². The van der Waals surface area contributed by atoms with Crippen molar-refractivity contribution in [1.29, 1.82) is 0 Å². The SMILES string of the molecule is CCCC(=O)CCCCOCC(F)(F)F. The number of ketones is 1. The fraction of sp³-hybridized carbons (Fsp3) is 0.900. The normalized spacial score (nSPS) is 11.7. The Bertz CT molecular complexity index is 178. The molecule has 0 aliphatic heterocycles. The van der Waals surface area contributed by atoms with Crippen LogP contribution in [0.5, 0.6) is 0 Å². The largest absolute Gasteiger partial charge is 0.411 e. The van der Waals surface area contributed by atoms with Gasteiger partial charge in [0.15, 0.2) is 0 Å². The summed E-state index contributed by atoms with van der Waals surface area (Å²) >= 11 is 0. The van der Waals surface area contributed by atoms with Gasteiger partial charge in [-0.1, -0.05) is 6.92 Å². The number of halogens is 3. The molecule has 5 heteroatoms. The third-order valence-corrected chi connectivity index (χ3v) is 1.79. The van der Waals surface area contributed by atoms with Crippen LogP contribution in [0.15, 0.2) is 0 Å². The minimum Gasteiger partial charge on any atom is -0.372 e. The second-order valence-electron chi connectivity index (χ2n) is 3.41. The average Bonchev–Trinajstić information content (AvgIpc) is 2.09. The van der Waals surface area contributed by atoms with E-state index in [0.717, 1.165) is 6.42 Å². The fourth-order valence-corrected chi connectivity index (χ4v) is 1.12. The molecule has 90 valence electrons. The first-order valence-corrected chi connectivity index (χ1v) is 5.12. The van der Waals surface area contributed by atoms with Crippen LogP contribution < -0.4 is 0 Å². The smallest absolute Gasteiger partial charge is 0.372 e. The third kappa shape index (κ3) is 11.3. The molecule has 0 aliphatic carbocycles. The summed E-state index contributed by atoms with van der Waals surface area (Å²) in [7, 11) is 0. The molecule has 0 atom stereocenters. The van der Waals surface area contributed by atoms with E-state index in [4.69, 9.17) is 0 Å². The maximum absolute atomic E-state index is 11.6. The second-order valence-corrected chi connectivity index (χ2v) is 3.41. The van der Waals surface area contributed by atoms with Crippen molar-refractivity contribution in [2.45, 2.75) is 45.2 Å². The fourth-order valence-electron chi connectivity index (χ4n) is 1.12. The van der Waals surface area contributed by atoms with Crippen molar-refractivity contribution >= 4 is 5.78 Å². The third-order valence-electron chi connectivity index (χ3n) is 1.79. The van der Waals surface area contributed by atoms with Crippen molar-refractivity contribution in [2.24, 2.45) is 0 Å². The van der Waals surface area contributed by atoms with E-state index in [1.165, 1.54) is 0 Å². The van der Waals surface area contributed by atoms with E-state index < -0.39 is 12.8 Å². The molecule has 0 aliphatic rings. The molecule has 0 aromatic heterocycles. The number of alkyl halides is 3. The first kappa shape index (κ1) is 14.4. The Kier molecular flexibility index (Phi) is 7.38. The zero-order valence-corrected chi connectivity index (χ0v) is 8.90. The number of rotatable bonds is 8. The lowest BCUT2D eigenvalue weighted by Crippen LogP contribution is -2.17. The van der Waals surface area contributed by atoms with Gasteiger partial charge in [-0.05, 0) is 19.3 Å². The van der Waals surface area contributed by atoms with E-state index in [1.807, 2.05) is 6.92 Å². The van der Waals surface area contributed by atoms with Gasteiger partial charge in [-0.2, -0.15) is 13.2 Å². The Labute approximate surface area is 87.8 Å². The summed E-state index contributed by atoms with van der Waals surface area (Å²) in [6, 6.07) is 0. The van der Waals surface area contributed by atoms with Crippen molar-refractivity contribution < 1.29 is 22.7 Å². The van der Waals surface area contributed by atoms with Crippen LogP contribution in [0.1, 0.15) is 39.0 Å². The summed E-state index contributed by atoms with van der Waals surface area (Å²) in [5.74, 6) is 0.174. The van der Waals surface area contributed by atoms with Crippen LogP contribution in [0.25, 0.3) is 0 Å². The molecular formula is C10H17F3O2. The van der Waals surface area contributed by atoms with E-state index in [-0.39, 0.29) is 12.4 Å². The van der Waals surface area contributed by atoms with Crippen LogP contribution in [-0.4, -0.2) is 25.2 Å². The number of unbranched alkanes of at least 4 members (excludes halogenated alkanes) is 1. The maximum atomic E-state index is 11.6. The van der Waals surface area contributed by atoms with E-state index >= 15 is 0 Å². The molecule has 0 aromatic rings. The molecule has 2 nitrogen and oxygen atoms in total. The summed E-state index contributed by atoms with van der Waals surface area (Å²) < 4.78 is 39.2. The van der Waals surface area contributed by atoms with Crippen molar-refractivity contribution in [1.82, 2.24) is 0 Å². The number of hydrogen-bond donors (Lipinski definition) is 0. The van der Waals surface area contributed by atoms with Crippen LogP contribution in [0.3, 0.4) is 0 Å². The van der Waals surface area contributed by atoms with Crippen LogP contribution in [0.4, 0.5) is 13.2 Å². The molecule has 0 spiro atoms. The van der Waals surface area contributed by atoms with Gasteiger partial charge in [0.05, 0.1) is 0 Å². The highest BCUT2D eigenvalue weighted by atomic mass is 19.4. The van der Waals surface area contributed by atoms with Gasteiger partial charge in [0.2, 0.25) is 0 Å². The summed E-state index contributed by atoms with van der Waals surface area (Å²) in [5.41, 5.74) is 0. The lowest BCUT2D eigenvalue weighted by molar-refractivity contribution is -0.174. The van der Waals surface area contributed by atoms with E-state index in [9.17, 15) is 18.0 Å². The van der Waals surface area contributed by atoms with E-state index in [2.05, 4.69) is 4.74 Å². The number of hydrogen-bond acceptors (Lipinski definition) is 2. The monoisotopic (exact) mass is 226 g/mol. The number of carbonyl (C=O) groups is 1. The van der Waals surface area contributed by atoms with E-state index in [0.29, 0.717) is 25.7 Å². The predicted octanol–water partition coefficient (Wildman–Crippen LogP) is 3.10. The molecule has 0 fully saturated rings. The van der Waals surface area contributed by atoms with Gasteiger partial charge in [0.1, 0.15) is 12.4 Å². The highest BCUT2D eigenvalue weighted by molar-refractivity contribution is 5.78. The molecule has 0 aromatic carbocycles. The quantitative estimate of drug-likeness (QED) is 0.594. The molecule has 0 rings (SSSR count). The zero-order chi connectivity index (χ0) is 11.7. The Morgan fingerprint density at radius 1 is 1.20 bits per heavy atom. The Morgan fingerprint density at radius 2 is 1.87 bits per heavy atom. The minimum absolute atomic E-state index is 0.0684. The summed E-state index contributed by atoms with van der Waals surface area (Å²) in [6.07, 6.45) is -1.31. The lowest BCUT2D eigenvalue weighted by atomic mass is 10.1. The van der Waals surface area contributed by atoms with Crippen molar-refractivity contribution in [3.05, 3.63) is 0 Å². The van der Waals surface area contributed by atoms with Crippen LogP contribution >= 0.6 is 0 Å². The number of ether oxygens (including phenoxy) is 1. The topological polar surface area (TPSA) is 26.3 Å². The Morgan fingerprint density at radius 3 is 2.40 bits per heavy atom. The van der Waals surface area contributed by atoms with Crippen LogP contribution in [-0.2, 0) is 9.53 Å². The summed E-state index contributed by atoms with van der Waals surface area (Å²) in [5, 5.41) is 0. The van der Waals surface area contributed by atoms with E-state index in [1.54, 1.807) is 0 Å². The van der Waals surface area contributed by atoms with Crippen molar-refractivity contribution in [3.8, 4) is 0 Å². The van der Waals surface area contributed by atoms with Gasteiger partial charge in [-0.3, -0.25) is 4.79 Å². The lowest BCUT2D eigenvalue weighted by Gasteiger charge is -2.06. The number of carbonyl (C=O) groups excluding carboxylic acids is 1. The molecule has 0 radical (unpaired) electrons. The summed E-state index contributed by atoms with van der Waals surface area (Å²) in [4.78, 5) is 11.0. The number of Topliss-reactive ketones (excluding diaryl/α,β-unsaturated/α-hetero) is 1. The zero-order valence-electron chi connectivity index (χ0n) is 8.90. The predicted molar refractivity (Wildman–Crippen MR) is 50.6 cm³/mol. The Balaban J connectivity index is 3.22. The van der Waals surface area contributed by atoms with Gasteiger partial charge >= 0.3 is 6.18 Å². The summed E-state index contributed by atoms with van der Waals surface area (Å²) in [6.45, 7) is 0.791. The highest BCUT2D eigenvalue weighted by Gasteiger charge is 2.27. The maximum Gasteiger partial charge on any atom is 0.411 e. The molecule has 0 heterocycles. The molecular weight excluding hydrogens is 209 g/mol. The molecule has 0 saturated heterocycles. The van der Waals surface area contributed by atoms with Gasteiger partial charge in [-0.15, -0.1) is 0 Å². The molecule has 0 N–H and O–H groups in total. The molecule has 0 bridgehead atoms. The first-order valence-electron chi connectivity index (χ1n) is 5.12.